The van der Waals surface area contributed by atoms with Crippen LogP contribution in [0.5, 0.6) is 0 Å². The Labute approximate surface area is 160 Å². The van der Waals surface area contributed by atoms with Crippen molar-refractivity contribution in [3.05, 3.63) is 0 Å². The molecule has 158 valence electrons. The van der Waals surface area contributed by atoms with Crippen molar-refractivity contribution in [3.8, 4) is 0 Å². The van der Waals surface area contributed by atoms with E-state index in [1.807, 2.05) is 0 Å². The Morgan fingerprint density at radius 3 is 1.46 bits per heavy atom. The molecule has 0 saturated heterocycles. The van der Waals surface area contributed by atoms with Gasteiger partial charge in [-0.1, -0.05) is 40.0 Å². The van der Waals surface area contributed by atoms with Gasteiger partial charge in [0.25, 0.3) is 5.41 Å². The second-order valence-electron chi connectivity index (χ2n) is 6.03. The summed E-state index contributed by atoms with van der Waals surface area (Å²) in [6.45, 7) is 7.75. The molecule has 0 saturated carbocycles. The number of unbranched alkanes of at least 4 members (excludes halogenated alkanes) is 3. The summed E-state index contributed by atoms with van der Waals surface area (Å²) in [7, 11) is 2.75. The zero-order valence-electron chi connectivity index (χ0n) is 17.8. The highest BCUT2D eigenvalue weighted by molar-refractivity contribution is 6.63. The molecule has 0 aliphatic rings. The standard InChI is InChI=1S/C18H40O7Si/c1-8-11-14-23-17(19-4)18(24-15-12-9-2,25-16-13-10-3)26(20-5,21-6)22-7/h17H,8-16H2,1-7H3. The van der Waals surface area contributed by atoms with Crippen LogP contribution in [0.3, 0.4) is 0 Å². The lowest BCUT2D eigenvalue weighted by Crippen LogP contribution is -2.72. The molecule has 0 bridgehead atoms. The molecular formula is C18H40O7Si. The molecule has 0 heterocycles. The van der Waals surface area contributed by atoms with Gasteiger partial charge >= 0.3 is 8.80 Å². The molecule has 1 unspecified atom stereocenters. The Morgan fingerprint density at radius 1 is 0.692 bits per heavy atom. The number of hydrogen-bond donors (Lipinski definition) is 0. The van der Waals surface area contributed by atoms with Gasteiger partial charge in [0.15, 0.2) is 0 Å². The van der Waals surface area contributed by atoms with E-state index in [2.05, 4.69) is 20.8 Å². The van der Waals surface area contributed by atoms with Gasteiger partial charge in [-0.15, -0.1) is 0 Å². The Balaban J connectivity index is 5.86. The lowest BCUT2D eigenvalue weighted by molar-refractivity contribution is -0.330. The molecule has 0 aliphatic carbocycles. The van der Waals surface area contributed by atoms with Gasteiger partial charge in [0.05, 0.1) is 13.2 Å². The number of rotatable bonds is 18. The summed E-state index contributed by atoms with van der Waals surface area (Å²) in [5.74, 6) is 0. The fourth-order valence-electron chi connectivity index (χ4n) is 2.58. The zero-order valence-corrected chi connectivity index (χ0v) is 18.8. The van der Waals surface area contributed by atoms with Gasteiger partial charge in [0.1, 0.15) is 0 Å². The Morgan fingerprint density at radius 2 is 1.12 bits per heavy atom. The van der Waals surface area contributed by atoms with Crippen LogP contribution in [-0.2, 0) is 32.2 Å². The van der Waals surface area contributed by atoms with E-state index in [0.29, 0.717) is 19.8 Å². The molecule has 7 nitrogen and oxygen atoms in total. The molecule has 0 amide bonds. The molecule has 8 heteroatoms. The van der Waals surface area contributed by atoms with E-state index in [1.165, 1.54) is 0 Å². The van der Waals surface area contributed by atoms with E-state index in [-0.39, 0.29) is 0 Å². The first-order chi connectivity index (χ1) is 12.6. The summed E-state index contributed by atoms with van der Waals surface area (Å²) in [6.07, 6.45) is 4.80. The first kappa shape index (κ1) is 25.9. The van der Waals surface area contributed by atoms with Crippen LogP contribution < -0.4 is 0 Å². The van der Waals surface area contributed by atoms with Crippen molar-refractivity contribution in [1.82, 2.24) is 0 Å². The lowest BCUT2D eigenvalue weighted by atomic mass is 10.3. The van der Waals surface area contributed by atoms with E-state index >= 15 is 0 Å². The summed E-state index contributed by atoms with van der Waals surface area (Å²) < 4.78 is 41.4. The third-order valence-electron chi connectivity index (χ3n) is 4.15. The maximum Gasteiger partial charge on any atom is 0.568 e. The smallest absolute Gasteiger partial charge is 0.374 e. The summed E-state index contributed by atoms with van der Waals surface area (Å²) in [5.41, 5.74) is -1.39. The molecule has 1 atom stereocenters. The van der Waals surface area contributed by atoms with Crippen LogP contribution >= 0.6 is 0 Å². The molecule has 0 rings (SSSR count). The van der Waals surface area contributed by atoms with Crippen LogP contribution in [0.1, 0.15) is 59.3 Å². The van der Waals surface area contributed by atoms with Crippen LogP contribution in [0, 0.1) is 0 Å². The second kappa shape index (κ2) is 14.9. The Bertz CT molecular complexity index is 308. The summed E-state index contributed by atoms with van der Waals surface area (Å²) in [4.78, 5) is 0. The SMILES string of the molecule is CCCCOC(OC)C(OCCCC)(OCCCC)[Si](OC)(OC)OC. The van der Waals surface area contributed by atoms with E-state index in [1.54, 1.807) is 28.4 Å². The highest BCUT2D eigenvalue weighted by atomic mass is 28.4. The summed E-state index contributed by atoms with van der Waals surface area (Å²) >= 11 is 0. The van der Waals surface area contributed by atoms with Crippen LogP contribution in [0.2, 0.25) is 0 Å². The average Bonchev–Trinajstić information content (AvgIpc) is 2.67. The largest absolute Gasteiger partial charge is 0.568 e. The minimum absolute atomic E-state index is 0.463. The van der Waals surface area contributed by atoms with Gasteiger partial charge in [0, 0.05) is 35.0 Å². The molecule has 0 radical (unpaired) electrons. The second-order valence-corrected chi connectivity index (χ2v) is 9.07. The van der Waals surface area contributed by atoms with Crippen molar-refractivity contribution < 1.29 is 32.2 Å². The number of ether oxygens (including phenoxy) is 4. The van der Waals surface area contributed by atoms with Crippen LogP contribution in [0.15, 0.2) is 0 Å². The average molecular weight is 397 g/mol. The van der Waals surface area contributed by atoms with Crippen molar-refractivity contribution in [1.29, 1.82) is 0 Å². The molecule has 26 heavy (non-hydrogen) atoms. The van der Waals surface area contributed by atoms with E-state index < -0.39 is 20.5 Å². The fraction of sp³-hybridized carbons (Fsp3) is 1.00. The Hall–Kier alpha value is -0.0631. The maximum atomic E-state index is 6.25. The zero-order chi connectivity index (χ0) is 19.9. The molecule has 0 N–H and O–H groups in total. The van der Waals surface area contributed by atoms with Gasteiger partial charge < -0.3 is 32.2 Å². The van der Waals surface area contributed by atoms with Crippen LogP contribution in [0.4, 0.5) is 0 Å². The van der Waals surface area contributed by atoms with Crippen molar-refractivity contribution in [2.75, 3.05) is 48.3 Å². The molecule has 0 aromatic rings. The highest BCUT2D eigenvalue weighted by Crippen LogP contribution is 2.35. The molecule has 0 spiro atoms. The number of methoxy groups -OCH3 is 1. The van der Waals surface area contributed by atoms with E-state index in [9.17, 15) is 0 Å². The van der Waals surface area contributed by atoms with Crippen molar-refractivity contribution in [2.24, 2.45) is 0 Å². The predicted molar refractivity (Wildman–Crippen MR) is 103 cm³/mol. The van der Waals surface area contributed by atoms with Crippen molar-refractivity contribution in [3.63, 3.8) is 0 Å². The third-order valence-corrected chi connectivity index (χ3v) is 7.14. The molecule has 0 aromatic carbocycles. The monoisotopic (exact) mass is 396 g/mol. The predicted octanol–water partition coefficient (Wildman–Crippen LogP) is 3.52. The molecule has 0 fully saturated rings. The first-order valence-corrected chi connectivity index (χ1v) is 11.4. The van der Waals surface area contributed by atoms with E-state index in [4.69, 9.17) is 32.2 Å². The van der Waals surface area contributed by atoms with Crippen LogP contribution in [-0.4, -0.2) is 68.8 Å². The van der Waals surface area contributed by atoms with Crippen LogP contribution in [0.25, 0.3) is 0 Å². The molecular weight excluding hydrogens is 356 g/mol. The lowest BCUT2D eigenvalue weighted by Gasteiger charge is -2.45. The molecule has 0 aliphatic heterocycles. The van der Waals surface area contributed by atoms with Crippen molar-refractivity contribution in [2.45, 2.75) is 71.0 Å². The summed E-state index contributed by atoms with van der Waals surface area (Å²) in [5, 5.41) is 0. The van der Waals surface area contributed by atoms with Gasteiger partial charge in [-0.25, -0.2) is 0 Å². The van der Waals surface area contributed by atoms with Gasteiger partial charge in [-0.3, -0.25) is 0 Å². The van der Waals surface area contributed by atoms with Gasteiger partial charge in [-0.2, -0.15) is 0 Å². The van der Waals surface area contributed by atoms with Gasteiger partial charge in [0.2, 0.25) is 6.29 Å². The topological polar surface area (TPSA) is 64.6 Å². The van der Waals surface area contributed by atoms with E-state index in [0.717, 1.165) is 38.5 Å². The highest BCUT2D eigenvalue weighted by Gasteiger charge is 2.68. The Kier molecular flexibility index (Phi) is 14.9. The quantitative estimate of drug-likeness (QED) is 0.199. The summed E-state index contributed by atoms with van der Waals surface area (Å²) in [6, 6.07) is 0. The molecule has 0 aromatic heterocycles. The third kappa shape index (κ3) is 6.83. The maximum absolute atomic E-state index is 6.25. The minimum atomic E-state index is -3.44. The fourth-order valence-corrected chi connectivity index (χ4v) is 4.98. The first-order valence-electron chi connectivity index (χ1n) is 9.65. The minimum Gasteiger partial charge on any atom is -0.374 e. The van der Waals surface area contributed by atoms with Crippen molar-refractivity contribution >= 4 is 8.80 Å². The normalized spacial score (nSPS) is 14.0. The number of hydrogen-bond acceptors (Lipinski definition) is 7. The van der Waals surface area contributed by atoms with Gasteiger partial charge in [-0.05, 0) is 19.3 Å².